The van der Waals surface area contributed by atoms with Crippen LogP contribution in [0.15, 0.2) is 66.2 Å². The fourth-order valence-corrected chi connectivity index (χ4v) is 4.34. The number of anilines is 1. The molecule has 2 heterocycles. The van der Waals surface area contributed by atoms with Gasteiger partial charge in [-0.15, -0.1) is 0 Å². The van der Waals surface area contributed by atoms with Crippen LogP contribution in [-0.4, -0.2) is 40.2 Å². The summed E-state index contributed by atoms with van der Waals surface area (Å²) in [5, 5.41) is 32.7. The summed E-state index contributed by atoms with van der Waals surface area (Å²) in [6.45, 7) is 1.98. The second kappa shape index (κ2) is 9.19. The summed E-state index contributed by atoms with van der Waals surface area (Å²) in [6, 6.07) is 13.0. The minimum absolute atomic E-state index is 0.00347. The van der Waals surface area contributed by atoms with Crippen LogP contribution < -0.4 is 19.1 Å². The van der Waals surface area contributed by atoms with Crippen LogP contribution in [0.3, 0.4) is 0 Å². The summed E-state index contributed by atoms with van der Waals surface area (Å²) in [7, 11) is 0. The number of benzene rings is 3. The van der Waals surface area contributed by atoms with E-state index in [4.69, 9.17) is 14.2 Å². The van der Waals surface area contributed by atoms with Gasteiger partial charge in [-0.2, -0.15) is 0 Å². The molecule has 2 aliphatic heterocycles. The van der Waals surface area contributed by atoms with Crippen molar-refractivity contribution in [1.82, 2.24) is 0 Å². The zero-order chi connectivity index (χ0) is 26.3. The molecule has 1 unspecified atom stereocenters. The van der Waals surface area contributed by atoms with Crippen molar-refractivity contribution in [1.29, 1.82) is 0 Å². The molecule has 0 spiro atoms. The Morgan fingerprint density at radius 1 is 1.11 bits per heavy atom. The van der Waals surface area contributed by atoms with E-state index in [1.807, 2.05) is 0 Å². The van der Waals surface area contributed by atoms with Crippen molar-refractivity contribution in [3.8, 4) is 23.0 Å². The molecule has 3 aromatic rings. The van der Waals surface area contributed by atoms with E-state index in [0.717, 1.165) is 6.07 Å². The lowest BCUT2D eigenvalue weighted by molar-refractivity contribution is -0.384. The number of amides is 1. The van der Waals surface area contributed by atoms with Gasteiger partial charge in [-0.3, -0.25) is 24.6 Å². The number of Topliss-reactive ketones (excluding diaryl/α,β-unsaturated/α-hetero) is 1. The lowest BCUT2D eigenvalue weighted by Gasteiger charge is -2.26. The van der Waals surface area contributed by atoms with E-state index in [2.05, 4.69) is 0 Å². The molecule has 188 valence electrons. The molecule has 0 aromatic heterocycles. The van der Waals surface area contributed by atoms with E-state index in [1.165, 1.54) is 47.4 Å². The number of hydrogen-bond donors (Lipinski definition) is 2. The highest BCUT2D eigenvalue weighted by molar-refractivity contribution is 6.51. The van der Waals surface area contributed by atoms with Crippen molar-refractivity contribution in [2.75, 3.05) is 18.3 Å². The number of phenols is 1. The van der Waals surface area contributed by atoms with Crippen LogP contribution in [0.4, 0.5) is 11.4 Å². The second-order valence-corrected chi connectivity index (χ2v) is 8.17. The van der Waals surface area contributed by atoms with Gasteiger partial charge in [-0.1, -0.05) is 18.2 Å². The van der Waals surface area contributed by atoms with Crippen molar-refractivity contribution < 1.29 is 38.9 Å². The second-order valence-electron chi connectivity index (χ2n) is 8.17. The smallest absolute Gasteiger partial charge is 0.300 e. The zero-order valence-electron chi connectivity index (χ0n) is 19.4. The summed E-state index contributed by atoms with van der Waals surface area (Å²) in [5.41, 5.74) is 0.0578. The van der Waals surface area contributed by atoms with Crippen LogP contribution in [0.1, 0.15) is 24.1 Å². The number of ketones is 1. The maximum absolute atomic E-state index is 13.4. The number of ether oxygens (including phenoxy) is 3. The number of nitro benzene ring substituents is 1. The van der Waals surface area contributed by atoms with Gasteiger partial charge >= 0.3 is 0 Å². The van der Waals surface area contributed by atoms with E-state index in [0.29, 0.717) is 22.7 Å². The Labute approximate surface area is 209 Å². The highest BCUT2D eigenvalue weighted by Crippen LogP contribution is 2.46. The Hall–Kier alpha value is -5.06. The molecule has 2 aliphatic rings. The Kier molecular flexibility index (Phi) is 5.88. The first-order chi connectivity index (χ1) is 17.8. The average molecular weight is 504 g/mol. The maximum Gasteiger partial charge on any atom is 0.300 e. The first-order valence-electron chi connectivity index (χ1n) is 11.2. The lowest BCUT2D eigenvalue weighted by Crippen LogP contribution is -2.29. The number of phenolic OH excluding ortho intramolecular Hbond substituents is 1. The third-order valence-corrected chi connectivity index (χ3v) is 6.01. The highest BCUT2D eigenvalue weighted by Gasteiger charge is 2.47. The van der Waals surface area contributed by atoms with Crippen molar-refractivity contribution >= 4 is 28.8 Å². The number of hydrogen-bond acceptors (Lipinski definition) is 9. The molecule has 11 heteroatoms. The number of nitrogens with zero attached hydrogens (tertiary/aromatic N) is 2. The van der Waals surface area contributed by atoms with E-state index < -0.39 is 28.4 Å². The molecule has 0 aliphatic carbocycles. The third-order valence-electron chi connectivity index (χ3n) is 6.01. The average Bonchev–Trinajstić information content (AvgIpc) is 3.47. The molecule has 0 bridgehead atoms. The highest BCUT2D eigenvalue weighted by atomic mass is 16.7. The van der Waals surface area contributed by atoms with Crippen molar-refractivity contribution in [3.63, 3.8) is 0 Å². The summed E-state index contributed by atoms with van der Waals surface area (Å²) < 4.78 is 16.2. The first kappa shape index (κ1) is 23.7. The molecule has 0 radical (unpaired) electrons. The van der Waals surface area contributed by atoms with Gasteiger partial charge in [0.25, 0.3) is 17.4 Å². The molecule has 1 fully saturated rings. The molecule has 2 N–H and O–H groups in total. The molecule has 3 aromatic carbocycles. The summed E-state index contributed by atoms with van der Waals surface area (Å²) >= 11 is 0. The van der Waals surface area contributed by atoms with Gasteiger partial charge < -0.3 is 24.4 Å². The Balaban J connectivity index is 1.72. The standard InChI is InChI=1S/C26H20N2O9/c1-2-35-20-11-14(6-8-18(20)29)23-22(24(30)15-4-3-5-17(10-15)28(33)34)25(31)26(32)27(23)16-7-9-19-21(12-16)37-13-36-19/h3-12,23,29-30H,2,13H2,1H3/b24-22+. The molecule has 11 nitrogen and oxygen atoms in total. The van der Waals surface area contributed by atoms with Gasteiger partial charge in [0, 0.05) is 29.4 Å². The quantitative estimate of drug-likeness (QED) is 0.167. The van der Waals surface area contributed by atoms with Crippen molar-refractivity contribution in [3.05, 3.63) is 87.5 Å². The van der Waals surface area contributed by atoms with Gasteiger partial charge in [0.15, 0.2) is 23.0 Å². The number of non-ortho nitro benzene ring substituents is 1. The van der Waals surface area contributed by atoms with Crippen LogP contribution in [-0.2, 0) is 9.59 Å². The normalized spacial score (nSPS) is 17.8. The van der Waals surface area contributed by atoms with Crippen molar-refractivity contribution in [2.24, 2.45) is 0 Å². The number of nitro groups is 1. The van der Waals surface area contributed by atoms with E-state index in [1.54, 1.807) is 19.1 Å². The number of rotatable bonds is 6. The predicted molar refractivity (Wildman–Crippen MR) is 130 cm³/mol. The van der Waals surface area contributed by atoms with E-state index in [-0.39, 0.29) is 41.7 Å². The molecule has 37 heavy (non-hydrogen) atoms. The Morgan fingerprint density at radius 2 is 1.89 bits per heavy atom. The third kappa shape index (κ3) is 4.05. The largest absolute Gasteiger partial charge is 0.507 e. The fraction of sp³-hybridized carbons (Fsp3) is 0.154. The first-order valence-corrected chi connectivity index (χ1v) is 11.2. The van der Waals surface area contributed by atoms with Crippen LogP contribution in [0.25, 0.3) is 5.76 Å². The van der Waals surface area contributed by atoms with E-state index in [9.17, 15) is 29.9 Å². The monoisotopic (exact) mass is 504 g/mol. The van der Waals surface area contributed by atoms with Crippen LogP contribution in [0.2, 0.25) is 0 Å². The number of fused-ring (bicyclic) bond motifs is 1. The SMILES string of the molecule is CCOc1cc(C2/C(=C(\O)c3cccc([N+](=O)[O-])c3)C(=O)C(=O)N2c2ccc3c(c2)OCO3)ccc1O. The van der Waals surface area contributed by atoms with Crippen molar-refractivity contribution in [2.45, 2.75) is 13.0 Å². The van der Waals surface area contributed by atoms with Gasteiger partial charge in [-0.25, -0.2) is 0 Å². The van der Waals surface area contributed by atoms with Crippen LogP contribution in [0.5, 0.6) is 23.0 Å². The Bertz CT molecular complexity index is 1480. The number of carbonyl (C=O) groups excluding carboxylic acids is 2. The van der Waals surface area contributed by atoms with Gasteiger partial charge in [0.2, 0.25) is 6.79 Å². The predicted octanol–water partition coefficient (Wildman–Crippen LogP) is 4.05. The minimum Gasteiger partial charge on any atom is -0.507 e. The zero-order valence-corrected chi connectivity index (χ0v) is 19.4. The van der Waals surface area contributed by atoms with Gasteiger partial charge in [-0.05, 0) is 36.8 Å². The molecule has 0 saturated carbocycles. The maximum atomic E-state index is 13.4. The number of aromatic hydroxyl groups is 1. The summed E-state index contributed by atoms with van der Waals surface area (Å²) in [4.78, 5) is 38.5. The van der Waals surface area contributed by atoms with E-state index >= 15 is 0 Å². The molecule has 1 atom stereocenters. The molecule has 1 amide bonds. The Morgan fingerprint density at radius 3 is 2.65 bits per heavy atom. The topological polar surface area (TPSA) is 149 Å². The summed E-state index contributed by atoms with van der Waals surface area (Å²) in [5.74, 6) is -1.69. The molecular weight excluding hydrogens is 484 g/mol. The fourth-order valence-electron chi connectivity index (χ4n) is 4.34. The molecule has 1 saturated heterocycles. The number of carbonyl (C=O) groups is 2. The minimum atomic E-state index is -1.15. The molecule has 5 rings (SSSR count). The lowest BCUT2D eigenvalue weighted by atomic mass is 9.94. The van der Waals surface area contributed by atoms with Crippen LogP contribution >= 0.6 is 0 Å². The van der Waals surface area contributed by atoms with Gasteiger partial charge in [0.1, 0.15) is 5.76 Å². The van der Waals surface area contributed by atoms with Gasteiger partial charge in [0.05, 0.1) is 23.1 Å². The molecular formula is C26H20N2O9. The van der Waals surface area contributed by atoms with Crippen LogP contribution in [0, 0.1) is 10.1 Å². The number of aliphatic hydroxyl groups excluding tert-OH is 1. The summed E-state index contributed by atoms with van der Waals surface area (Å²) in [6.07, 6.45) is 0. The number of aliphatic hydroxyl groups is 1.